The molecule has 2 rings (SSSR count). The van der Waals surface area contributed by atoms with Gasteiger partial charge in [-0.2, -0.15) is 5.10 Å². The number of benzene rings is 1. The maximum Gasteiger partial charge on any atom is 0.259 e. The number of hydrogen-bond acceptors (Lipinski definition) is 2. The van der Waals surface area contributed by atoms with E-state index in [-0.39, 0.29) is 11.6 Å². The molecule has 1 aromatic carbocycles. The molecule has 0 fully saturated rings. The average Bonchev–Trinajstić information content (AvgIpc) is 2.71. The van der Waals surface area contributed by atoms with Crippen LogP contribution in [-0.2, 0) is 7.05 Å². The number of nitrogens with one attached hydrogen (secondary N) is 1. The summed E-state index contributed by atoms with van der Waals surface area (Å²) in [7, 11) is 1.55. The molecule has 106 valence electrons. The van der Waals surface area contributed by atoms with Crippen molar-refractivity contribution < 1.29 is 22.4 Å². The molecule has 2 aromatic rings. The third-order valence-corrected chi connectivity index (χ3v) is 2.61. The summed E-state index contributed by atoms with van der Waals surface area (Å²) in [6.45, 7) is 1.51. The number of aromatic nitrogens is 2. The predicted molar refractivity (Wildman–Crippen MR) is 62.2 cm³/mol. The maximum absolute atomic E-state index is 13.4. The smallest absolute Gasteiger partial charge is 0.259 e. The van der Waals surface area contributed by atoms with E-state index in [2.05, 4.69) is 5.10 Å². The lowest BCUT2D eigenvalue weighted by molar-refractivity contribution is 0.102. The predicted octanol–water partition coefficient (Wildman–Crippen LogP) is 2.54. The first-order valence-corrected chi connectivity index (χ1v) is 5.46. The van der Waals surface area contributed by atoms with Crippen LogP contribution in [0.25, 0.3) is 0 Å². The van der Waals surface area contributed by atoms with Crippen LogP contribution >= 0.6 is 0 Å². The number of halogens is 4. The van der Waals surface area contributed by atoms with Crippen molar-refractivity contribution in [1.29, 1.82) is 0 Å². The topological polar surface area (TPSA) is 46.9 Å². The Balaban J connectivity index is 2.40. The number of anilines is 1. The van der Waals surface area contributed by atoms with Gasteiger partial charge < -0.3 is 5.32 Å². The highest BCUT2D eigenvalue weighted by Crippen LogP contribution is 2.24. The van der Waals surface area contributed by atoms with Crippen molar-refractivity contribution in [1.82, 2.24) is 9.78 Å². The van der Waals surface area contributed by atoms with Gasteiger partial charge in [-0.3, -0.25) is 9.48 Å². The van der Waals surface area contributed by atoms with Gasteiger partial charge in [0.05, 0.1) is 11.3 Å². The van der Waals surface area contributed by atoms with Crippen molar-refractivity contribution in [2.24, 2.45) is 7.05 Å². The van der Waals surface area contributed by atoms with Crippen LogP contribution < -0.4 is 5.32 Å². The molecule has 0 aliphatic rings. The van der Waals surface area contributed by atoms with E-state index in [9.17, 15) is 22.4 Å². The van der Waals surface area contributed by atoms with Gasteiger partial charge in [0.2, 0.25) is 0 Å². The van der Waals surface area contributed by atoms with Crippen LogP contribution in [0.15, 0.2) is 12.3 Å². The van der Waals surface area contributed by atoms with Gasteiger partial charge in [0.25, 0.3) is 5.91 Å². The fraction of sp³-hybridized carbons (Fsp3) is 0.167. The molecule has 4 nitrogen and oxygen atoms in total. The molecule has 0 unspecified atom stereocenters. The highest BCUT2D eigenvalue weighted by molar-refractivity contribution is 6.05. The van der Waals surface area contributed by atoms with E-state index in [0.29, 0.717) is 5.69 Å². The van der Waals surface area contributed by atoms with Crippen molar-refractivity contribution in [3.63, 3.8) is 0 Å². The number of carbonyl (C=O) groups is 1. The summed E-state index contributed by atoms with van der Waals surface area (Å²) in [5.41, 5.74) is -0.825. The second-order valence-corrected chi connectivity index (χ2v) is 4.10. The van der Waals surface area contributed by atoms with Crippen LogP contribution in [0.2, 0.25) is 0 Å². The van der Waals surface area contributed by atoms with E-state index in [4.69, 9.17) is 0 Å². The Morgan fingerprint density at radius 1 is 1.20 bits per heavy atom. The van der Waals surface area contributed by atoms with Crippen molar-refractivity contribution in [3.8, 4) is 0 Å². The minimum Gasteiger partial charge on any atom is -0.317 e. The lowest BCUT2D eigenvalue weighted by Crippen LogP contribution is -2.16. The molecule has 20 heavy (non-hydrogen) atoms. The summed E-state index contributed by atoms with van der Waals surface area (Å²) in [6, 6.07) is 0.0651. The molecule has 0 radical (unpaired) electrons. The van der Waals surface area contributed by atoms with Crippen molar-refractivity contribution >= 4 is 11.6 Å². The fourth-order valence-electron chi connectivity index (χ4n) is 1.69. The van der Waals surface area contributed by atoms with Crippen molar-refractivity contribution in [3.05, 3.63) is 46.8 Å². The average molecular weight is 287 g/mol. The zero-order chi connectivity index (χ0) is 15.0. The first kappa shape index (κ1) is 14.0. The molecule has 8 heteroatoms. The van der Waals surface area contributed by atoms with E-state index in [1.54, 1.807) is 7.05 Å². The second-order valence-electron chi connectivity index (χ2n) is 4.10. The van der Waals surface area contributed by atoms with Gasteiger partial charge >= 0.3 is 0 Å². The Morgan fingerprint density at radius 3 is 2.20 bits per heavy atom. The lowest BCUT2D eigenvalue weighted by atomic mass is 10.2. The van der Waals surface area contributed by atoms with E-state index < -0.39 is 34.9 Å². The van der Waals surface area contributed by atoms with Crippen LogP contribution in [0.1, 0.15) is 16.1 Å². The number of aryl methyl sites for hydroxylation is 2. The van der Waals surface area contributed by atoms with Crippen LogP contribution in [0.3, 0.4) is 0 Å². The molecular formula is C12H9F4N3O. The first-order chi connectivity index (χ1) is 9.31. The SMILES string of the molecule is Cc1nn(C)cc1C(=O)Nc1c(F)c(F)cc(F)c1F. The summed E-state index contributed by atoms with van der Waals surface area (Å²) in [5.74, 6) is -7.44. The molecule has 1 aromatic heterocycles. The zero-order valence-electron chi connectivity index (χ0n) is 10.5. The largest absolute Gasteiger partial charge is 0.317 e. The molecule has 0 saturated heterocycles. The number of hydrogen-bond donors (Lipinski definition) is 1. The Morgan fingerprint density at radius 2 is 1.75 bits per heavy atom. The molecule has 0 bridgehead atoms. The quantitative estimate of drug-likeness (QED) is 0.681. The molecule has 0 atom stereocenters. The zero-order valence-corrected chi connectivity index (χ0v) is 10.5. The van der Waals surface area contributed by atoms with Gasteiger partial charge in [-0.1, -0.05) is 0 Å². The normalized spacial score (nSPS) is 10.7. The molecule has 0 spiro atoms. The first-order valence-electron chi connectivity index (χ1n) is 5.46. The monoisotopic (exact) mass is 287 g/mol. The minimum absolute atomic E-state index is 0.0379. The van der Waals surface area contributed by atoms with Gasteiger partial charge in [0, 0.05) is 19.3 Å². The van der Waals surface area contributed by atoms with Crippen LogP contribution in [0, 0.1) is 30.2 Å². The van der Waals surface area contributed by atoms with Gasteiger partial charge in [-0.25, -0.2) is 17.6 Å². The summed E-state index contributed by atoms with van der Waals surface area (Å²) in [4.78, 5) is 11.8. The fourth-order valence-corrected chi connectivity index (χ4v) is 1.69. The van der Waals surface area contributed by atoms with Crippen LogP contribution in [0.4, 0.5) is 23.2 Å². The highest BCUT2D eigenvalue weighted by Gasteiger charge is 2.22. The van der Waals surface area contributed by atoms with Crippen molar-refractivity contribution in [2.75, 3.05) is 5.32 Å². The van der Waals surface area contributed by atoms with Gasteiger partial charge in [-0.05, 0) is 6.92 Å². The Bertz CT molecular complexity index is 670. The summed E-state index contributed by atoms with van der Waals surface area (Å²) in [6.07, 6.45) is 1.32. The standard InChI is InChI=1S/C12H9F4N3O/c1-5-6(4-19(2)18-5)12(20)17-11-9(15)7(13)3-8(14)10(11)16/h3-4H,1-2H3,(H,17,20). The molecule has 1 N–H and O–H groups in total. The Hall–Kier alpha value is -2.38. The molecule has 0 aliphatic carbocycles. The maximum atomic E-state index is 13.4. The van der Waals surface area contributed by atoms with Crippen LogP contribution in [0.5, 0.6) is 0 Å². The van der Waals surface area contributed by atoms with E-state index >= 15 is 0 Å². The van der Waals surface area contributed by atoms with Crippen LogP contribution in [-0.4, -0.2) is 15.7 Å². The summed E-state index contributed by atoms with van der Waals surface area (Å²) < 4.78 is 54.2. The third-order valence-electron chi connectivity index (χ3n) is 2.61. The number of nitrogens with zero attached hydrogens (tertiary/aromatic N) is 2. The number of carbonyl (C=O) groups excluding carboxylic acids is 1. The van der Waals surface area contributed by atoms with Crippen molar-refractivity contribution in [2.45, 2.75) is 6.92 Å². The van der Waals surface area contributed by atoms with Gasteiger partial charge in [0.1, 0.15) is 5.69 Å². The third kappa shape index (κ3) is 2.36. The minimum atomic E-state index is -1.67. The Kier molecular flexibility index (Phi) is 3.47. The summed E-state index contributed by atoms with van der Waals surface area (Å²) in [5, 5.41) is 5.68. The molecule has 1 heterocycles. The lowest BCUT2D eigenvalue weighted by Gasteiger charge is -2.08. The summed E-state index contributed by atoms with van der Waals surface area (Å²) >= 11 is 0. The van der Waals surface area contributed by atoms with E-state index in [1.807, 2.05) is 5.32 Å². The molecule has 0 saturated carbocycles. The van der Waals surface area contributed by atoms with Gasteiger partial charge in [0.15, 0.2) is 23.3 Å². The Labute approximate surface area is 111 Å². The number of rotatable bonds is 2. The molecule has 1 amide bonds. The number of amides is 1. The van der Waals surface area contributed by atoms with Gasteiger partial charge in [-0.15, -0.1) is 0 Å². The van der Waals surface area contributed by atoms with E-state index in [1.165, 1.54) is 17.8 Å². The highest BCUT2D eigenvalue weighted by atomic mass is 19.2. The molecule has 0 aliphatic heterocycles. The van der Waals surface area contributed by atoms with E-state index in [0.717, 1.165) is 0 Å². The molecular weight excluding hydrogens is 278 g/mol. The second kappa shape index (κ2) is 4.95.